The third kappa shape index (κ3) is 6.14. The Morgan fingerprint density at radius 1 is 1.43 bits per heavy atom. The van der Waals surface area contributed by atoms with Crippen molar-refractivity contribution in [2.45, 2.75) is 39.8 Å². The zero-order valence-corrected chi connectivity index (χ0v) is 13.2. The maximum Gasteiger partial charge on any atom is 0.237 e. The zero-order chi connectivity index (χ0) is 16.0. The smallest absolute Gasteiger partial charge is 0.237 e. The van der Waals surface area contributed by atoms with Crippen LogP contribution >= 0.6 is 0 Å². The van der Waals surface area contributed by atoms with E-state index >= 15 is 0 Å². The average Bonchev–Trinajstić information content (AvgIpc) is 2.40. The van der Waals surface area contributed by atoms with Gasteiger partial charge < -0.3 is 20.9 Å². The first-order valence-electron chi connectivity index (χ1n) is 7.11. The van der Waals surface area contributed by atoms with Gasteiger partial charge in [-0.25, -0.2) is 0 Å². The van der Waals surface area contributed by atoms with Crippen molar-refractivity contribution in [2.24, 2.45) is 11.1 Å². The number of hydrogen-bond donors (Lipinski definition) is 3. The van der Waals surface area contributed by atoms with Gasteiger partial charge in [-0.05, 0) is 30.0 Å². The molecule has 4 N–H and O–H groups in total. The summed E-state index contributed by atoms with van der Waals surface area (Å²) in [4.78, 5) is 11.8. The molecule has 1 rings (SSSR count). The fourth-order valence-electron chi connectivity index (χ4n) is 1.68. The topological polar surface area (TPSA) is 84.6 Å². The molecule has 0 spiro atoms. The number of aliphatic hydroxyl groups excluding tert-OH is 1. The summed E-state index contributed by atoms with van der Waals surface area (Å²) in [7, 11) is 0. The molecule has 0 aliphatic heterocycles. The van der Waals surface area contributed by atoms with Crippen molar-refractivity contribution in [1.82, 2.24) is 5.32 Å². The first kappa shape index (κ1) is 17.5. The Hall–Kier alpha value is -1.59. The number of hydrogen-bond acceptors (Lipinski definition) is 4. The fourth-order valence-corrected chi connectivity index (χ4v) is 1.68. The molecule has 5 nitrogen and oxygen atoms in total. The van der Waals surface area contributed by atoms with Gasteiger partial charge >= 0.3 is 0 Å². The predicted molar refractivity (Wildman–Crippen MR) is 83.1 cm³/mol. The van der Waals surface area contributed by atoms with Crippen LogP contribution in [0.5, 0.6) is 5.75 Å². The zero-order valence-electron chi connectivity index (χ0n) is 13.2. The Morgan fingerprint density at radius 2 is 2.10 bits per heavy atom. The lowest BCUT2D eigenvalue weighted by Crippen LogP contribution is -2.50. The molecule has 0 radical (unpaired) electrons. The Labute approximate surface area is 126 Å². The molecule has 0 aliphatic rings. The lowest BCUT2D eigenvalue weighted by Gasteiger charge is -2.26. The summed E-state index contributed by atoms with van der Waals surface area (Å²) in [6.07, 6.45) is -0.776. The molecule has 0 saturated heterocycles. The van der Waals surface area contributed by atoms with Gasteiger partial charge in [-0.2, -0.15) is 0 Å². The Kier molecular flexibility index (Phi) is 6.18. The molecule has 1 aromatic rings. The summed E-state index contributed by atoms with van der Waals surface area (Å²) < 4.78 is 5.48. The molecular formula is C16H26N2O3. The highest BCUT2D eigenvalue weighted by atomic mass is 16.5. The van der Waals surface area contributed by atoms with E-state index in [1.54, 1.807) is 0 Å². The molecule has 0 fully saturated rings. The minimum atomic E-state index is -0.776. The van der Waals surface area contributed by atoms with E-state index in [4.69, 9.17) is 10.5 Å². The number of amides is 1. The third-order valence-electron chi connectivity index (χ3n) is 3.16. The van der Waals surface area contributed by atoms with Crippen LogP contribution in [0.25, 0.3) is 0 Å². The number of benzene rings is 1. The molecule has 1 amide bonds. The monoisotopic (exact) mass is 294 g/mol. The van der Waals surface area contributed by atoms with E-state index < -0.39 is 12.1 Å². The summed E-state index contributed by atoms with van der Waals surface area (Å²) in [5.74, 6) is 0.434. The van der Waals surface area contributed by atoms with Crippen LogP contribution < -0.4 is 15.8 Å². The summed E-state index contributed by atoms with van der Waals surface area (Å²) in [5, 5.41) is 12.5. The van der Waals surface area contributed by atoms with Crippen LogP contribution in [0.2, 0.25) is 0 Å². The Balaban J connectivity index is 2.34. The molecule has 0 bridgehead atoms. The van der Waals surface area contributed by atoms with E-state index in [2.05, 4.69) is 5.32 Å². The van der Waals surface area contributed by atoms with Gasteiger partial charge in [0, 0.05) is 6.54 Å². The summed E-state index contributed by atoms with van der Waals surface area (Å²) >= 11 is 0. The van der Waals surface area contributed by atoms with Crippen LogP contribution in [0.1, 0.15) is 26.3 Å². The second-order valence-corrected chi connectivity index (χ2v) is 6.37. The van der Waals surface area contributed by atoms with Crippen LogP contribution in [-0.4, -0.2) is 36.3 Å². The van der Waals surface area contributed by atoms with Crippen LogP contribution in [0, 0.1) is 12.3 Å². The van der Waals surface area contributed by atoms with E-state index in [0.29, 0.717) is 5.75 Å². The van der Waals surface area contributed by atoms with Gasteiger partial charge in [-0.15, -0.1) is 0 Å². The Bertz CT molecular complexity index is 469. The van der Waals surface area contributed by atoms with Crippen molar-refractivity contribution in [3.8, 4) is 5.75 Å². The summed E-state index contributed by atoms with van der Waals surface area (Å²) in [6, 6.07) is 6.97. The van der Waals surface area contributed by atoms with Crippen molar-refractivity contribution < 1.29 is 14.6 Å². The second kappa shape index (κ2) is 7.43. The molecule has 2 atom stereocenters. The maximum absolute atomic E-state index is 11.8. The van der Waals surface area contributed by atoms with Crippen LogP contribution in [-0.2, 0) is 4.79 Å². The molecule has 1 aromatic carbocycles. The summed E-state index contributed by atoms with van der Waals surface area (Å²) in [5.41, 5.74) is 6.61. The number of nitrogens with two attached hydrogens (primary N) is 1. The number of nitrogens with one attached hydrogen (secondary N) is 1. The number of rotatable bonds is 6. The van der Waals surface area contributed by atoms with E-state index in [0.717, 1.165) is 5.56 Å². The summed E-state index contributed by atoms with van der Waals surface area (Å²) in [6.45, 7) is 7.90. The molecule has 118 valence electrons. The molecular weight excluding hydrogens is 268 g/mol. The van der Waals surface area contributed by atoms with Crippen LogP contribution in [0.3, 0.4) is 0 Å². The normalized spacial score (nSPS) is 14.4. The first-order chi connectivity index (χ1) is 9.70. The second-order valence-electron chi connectivity index (χ2n) is 6.37. The van der Waals surface area contributed by atoms with Crippen molar-refractivity contribution in [2.75, 3.05) is 13.2 Å². The van der Waals surface area contributed by atoms with Gasteiger partial charge in [0.1, 0.15) is 18.5 Å². The highest BCUT2D eigenvalue weighted by molar-refractivity contribution is 5.82. The fraction of sp³-hybridized carbons (Fsp3) is 0.562. The Morgan fingerprint density at radius 3 is 2.67 bits per heavy atom. The third-order valence-corrected chi connectivity index (χ3v) is 3.16. The van der Waals surface area contributed by atoms with Gasteiger partial charge in [0.25, 0.3) is 0 Å². The molecule has 5 heteroatoms. The van der Waals surface area contributed by atoms with Crippen LogP contribution in [0.15, 0.2) is 24.3 Å². The highest BCUT2D eigenvalue weighted by Gasteiger charge is 2.27. The average molecular weight is 294 g/mol. The number of aryl methyl sites for hydroxylation is 1. The van der Waals surface area contributed by atoms with Gasteiger partial charge in [-0.3, -0.25) is 4.79 Å². The molecule has 0 aromatic heterocycles. The largest absolute Gasteiger partial charge is 0.491 e. The minimum absolute atomic E-state index is 0.119. The number of ether oxygens (including phenoxy) is 1. The molecule has 0 saturated carbocycles. The van der Waals surface area contributed by atoms with Crippen LogP contribution in [0.4, 0.5) is 0 Å². The van der Waals surface area contributed by atoms with Gasteiger partial charge in [-0.1, -0.05) is 32.9 Å². The van der Waals surface area contributed by atoms with Crippen molar-refractivity contribution in [1.29, 1.82) is 0 Å². The lowest BCUT2D eigenvalue weighted by atomic mass is 9.87. The number of carbonyl (C=O) groups excluding carboxylic acids is 1. The van der Waals surface area contributed by atoms with Crippen molar-refractivity contribution in [3.05, 3.63) is 29.8 Å². The van der Waals surface area contributed by atoms with E-state index in [-0.39, 0.29) is 24.5 Å². The SMILES string of the molecule is Cc1cccc(OCC(O)CNC(=O)[C@@H](N)C(C)(C)C)c1. The van der Waals surface area contributed by atoms with E-state index in [1.807, 2.05) is 52.0 Å². The van der Waals surface area contributed by atoms with Gasteiger partial charge in [0.2, 0.25) is 5.91 Å². The maximum atomic E-state index is 11.8. The number of carbonyl (C=O) groups is 1. The predicted octanol–water partition coefficient (Wildman–Crippen LogP) is 1.22. The minimum Gasteiger partial charge on any atom is -0.491 e. The molecule has 0 heterocycles. The molecule has 21 heavy (non-hydrogen) atoms. The van der Waals surface area contributed by atoms with E-state index in [1.165, 1.54) is 0 Å². The number of aliphatic hydroxyl groups is 1. The van der Waals surface area contributed by atoms with E-state index in [9.17, 15) is 9.90 Å². The molecule has 0 aliphatic carbocycles. The standard InChI is InChI=1S/C16H26N2O3/c1-11-6-5-7-13(8-11)21-10-12(19)9-18-15(20)14(17)16(2,3)4/h5-8,12,14,19H,9-10,17H2,1-4H3,(H,18,20)/t12?,14-/m1/s1. The lowest BCUT2D eigenvalue weighted by molar-refractivity contribution is -0.125. The van der Waals surface area contributed by atoms with Gasteiger partial charge in [0.05, 0.1) is 6.04 Å². The molecule has 1 unspecified atom stereocenters. The highest BCUT2D eigenvalue weighted by Crippen LogP contribution is 2.17. The van der Waals surface area contributed by atoms with Gasteiger partial charge in [0.15, 0.2) is 0 Å². The quantitative estimate of drug-likeness (QED) is 0.736. The first-order valence-corrected chi connectivity index (χ1v) is 7.11. The van der Waals surface area contributed by atoms with Crippen molar-refractivity contribution in [3.63, 3.8) is 0 Å². The van der Waals surface area contributed by atoms with Crippen molar-refractivity contribution >= 4 is 5.91 Å².